The first-order valence-corrected chi connectivity index (χ1v) is 8.79. The molecule has 2 heterocycles. The van der Waals surface area contributed by atoms with Crippen LogP contribution in [0.3, 0.4) is 0 Å². The van der Waals surface area contributed by atoms with Crippen molar-refractivity contribution in [2.45, 2.75) is 45.8 Å². The number of carbonyl (C=O) groups is 1. The largest absolute Gasteiger partial charge is 0.496 e. The van der Waals surface area contributed by atoms with Crippen molar-refractivity contribution in [1.29, 1.82) is 0 Å². The number of benzene rings is 1. The van der Waals surface area contributed by atoms with E-state index in [-0.39, 0.29) is 5.91 Å². The highest BCUT2D eigenvalue weighted by molar-refractivity contribution is 5.84. The number of aryl methyl sites for hydroxylation is 2. The molecule has 1 spiro atoms. The van der Waals surface area contributed by atoms with Crippen LogP contribution in [0.5, 0.6) is 5.75 Å². The van der Waals surface area contributed by atoms with E-state index in [0.717, 1.165) is 43.8 Å². The molecule has 5 nitrogen and oxygen atoms in total. The van der Waals surface area contributed by atoms with Crippen molar-refractivity contribution in [2.24, 2.45) is 5.41 Å². The molecule has 0 aromatic heterocycles. The molecule has 0 unspecified atom stereocenters. The minimum absolute atomic E-state index is 0.0218. The molecule has 0 radical (unpaired) electrons. The zero-order valence-electron chi connectivity index (χ0n) is 14.9. The first kappa shape index (κ1) is 17.2. The molecule has 0 saturated carbocycles. The lowest BCUT2D eigenvalue weighted by atomic mass is 9.71. The fourth-order valence-corrected chi connectivity index (χ4v) is 4.14. The number of amides is 1. The maximum atomic E-state index is 12.5. The summed E-state index contributed by atoms with van der Waals surface area (Å²) in [6.07, 6.45) is 1.84. The number of nitrogens with one attached hydrogen (secondary N) is 1. The average Bonchev–Trinajstić information content (AvgIpc) is 2.56. The minimum Gasteiger partial charge on any atom is -0.496 e. The Morgan fingerprint density at radius 3 is 2.88 bits per heavy atom. The second-order valence-corrected chi connectivity index (χ2v) is 7.28. The lowest BCUT2D eigenvalue weighted by molar-refractivity contribution is -0.149. The van der Waals surface area contributed by atoms with Crippen LogP contribution >= 0.6 is 0 Å². The normalized spacial score (nSPS) is 28.0. The summed E-state index contributed by atoms with van der Waals surface area (Å²) in [5.74, 6) is 0.932. The molecule has 2 saturated heterocycles. The molecule has 2 atom stereocenters. The Bertz CT molecular complexity index is 631. The molecule has 2 N–H and O–H groups in total. The molecule has 1 aromatic rings. The Morgan fingerprint density at radius 2 is 2.17 bits per heavy atom. The Hall–Kier alpha value is -1.59. The first-order valence-electron chi connectivity index (χ1n) is 8.79. The van der Waals surface area contributed by atoms with Gasteiger partial charge < -0.3 is 15.2 Å². The summed E-state index contributed by atoms with van der Waals surface area (Å²) in [7, 11) is 1.69. The number of rotatable bonds is 3. The van der Waals surface area contributed by atoms with Gasteiger partial charge in [0.1, 0.15) is 5.75 Å². The number of hydrogen-bond acceptors (Lipinski definition) is 4. The zero-order chi connectivity index (χ0) is 17.3. The quantitative estimate of drug-likeness (QED) is 0.886. The van der Waals surface area contributed by atoms with Gasteiger partial charge in [-0.2, -0.15) is 0 Å². The number of methoxy groups -OCH3 is 1. The molecule has 1 aromatic carbocycles. The van der Waals surface area contributed by atoms with Crippen LogP contribution in [0.2, 0.25) is 0 Å². The molecule has 0 aliphatic carbocycles. The third kappa shape index (κ3) is 3.03. The van der Waals surface area contributed by atoms with E-state index in [1.54, 1.807) is 7.11 Å². The molecule has 5 heteroatoms. The third-order valence-corrected chi connectivity index (χ3v) is 5.65. The predicted molar refractivity (Wildman–Crippen MR) is 93.0 cm³/mol. The lowest BCUT2D eigenvalue weighted by Gasteiger charge is -2.47. The van der Waals surface area contributed by atoms with E-state index in [1.807, 2.05) is 0 Å². The van der Waals surface area contributed by atoms with Crippen LogP contribution in [-0.4, -0.2) is 48.8 Å². The van der Waals surface area contributed by atoms with Crippen LogP contribution in [0.4, 0.5) is 0 Å². The van der Waals surface area contributed by atoms with Gasteiger partial charge >= 0.3 is 0 Å². The topological polar surface area (TPSA) is 61.8 Å². The van der Waals surface area contributed by atoms with E-state index in [0.29, 0.717) is 13.0 Å². The molecule has 24 heavy (non-hydrogen) atoms. The number of hydrogen-bond donors (Lipinski definition) is 2. The summed E-state index contributed by atoms with van der Waals surface area (Å²) >= 11 is 0. The third-order valence-electron chi connectivity index (χ3n) is 5.65. The van der Waals surface area contributed by atoms with Crippen molar-refractivity contribution >= 4 is 5.91 Å². The van der Waals surface area contributed by atoms with Crippen molar-refractivity contribution in [3.8, 4) is 5.75 Å². The molecule has 1 amide bonds. The van der Waals surface area contributed by atoms with Gasteiger partial charge in [0.25, 0.3) is 0 Å². The van der Waals surface area contributed by atoms with E-state index in [9.17, 15) is 9.90 Å². The van der Waals surface area contributed by atoms with Crippen LogP contribution in [-0.2, 0) is 11.3 Å². The second kappa shape index (κ2) is 6.73. The van der Waals surface area contributed by atoms with Crippen molar-refractivity contribution in [3.05, 3.63) is 28.8 Å². The highest BCUT2D eigenvalue weighted by Crippen LogP contribution is 2.38. The molecule has 3 rings (SSSR count). The molecule has 2 aliphatic rings. The van der Waals surface area contributed by atoms with Gasteiger partial charge in [-0.05, 0) is 55.9 Å². The standard InChI is InChI=1S/C19H28N2O3/c1-13-10-16(24-3)14(2)9-15(13)11-21-8-5-17(22)19(12-21)6-4-7-20-18(19)23/h9-10,17,22H,4-8,11-12H2,1-3H3,(H,20,23)/t17-,19+/m0/s1. The fraction of sp³-hybridized carbons (Fsp3) is 0.632. The number of carbonyl (C=O) groups excluding carboxylic acids is 1. The molecule has 132 valence electrons. The van der Waals surface area contributed by atoms with Gasteiger partial charge in [0.2, 0.25) is 5.91 Å². The first-order chi connectivity index (χ1) is 11.5. The van der Waals surface area contributed by atoms with Crippen molar-refractivity contribution in [1.82, 2.24) is 10.2 Å². The van der Waals surface area contributed by atoms with Gasteiger partial charge in [-0.3, -0.25) is 9.69 Å². The van der Waals surface area contributed by atoms with E-state index in [4.69, 9.17) is 4.74 Å². The minimum atomic E-state index is -0.633. The Kier molecular flexibility index (Phi) is 4.83. The van der Waals surface area contributed by atoms with Gasteiger partial charge in [-0.15, -0.1) is 0 Å². The van der Waals surface area contributed by atoms with E-state index < -0.39 is 11.5 Å². The van der Waals surface area contributed by atoms with Crippen molar-refractivity contribution in [2.75, 3.05) is 26.7 Å². The van der Waals surface area contributed by atoms with Crippen LogP contribution in [0, 0.1) is 19.3 Å². The molecule has 2 aliphatic heterocycles. The number of aliphatic hydroxyl groups excluding tert-OH is 1. The molecule has 0 bridgehead atoms. The van der Waals surface area contributed by atoms with Crippen molar-refractivity contribution < 1.29 is 14.6 Å². The highest BCUT2D eigenvalue weighted by atomic mass is 16.5. The fourth-order valence-electron chi connectivity index (χ4n) is 4.14. The predicted octanol–water partition coefficient (Wildman–Crippen LogP) is 1.78. The monoisotopic (exact) mass is 332 g/mol. The Morgan fingerprint density at radius 1 is 1.38 bits per heavy atom. The molecular weight excluding hydrogens is 304 g/mol. The SMILES string of the molecule is COc1cc(C)c(CN2CC[C@H](O)[C@@]3(CCCNC3=O)C2)cc1C. The number of piperidine rings is 2. The number of likely N-dealkylation sites (tertiary alicyclic amines) is 1. The van der Waals surface area contributed by atoms with Crippen molar-refractivity contribution in [3.63, 3.8) is 0 Å². The van der Waals surface area contributed by atoms with Gasteiger partial charge in [0.05, 0.1) is 18.6 Å². The maximum Gasteiger partial charge on any atom is 0.230 e. The summed E-state index contributed by atoms with van der Waals surface area (Å²) in [4.78, 5) is 14.8. The Balaban J connectivity index is 1.79. The van der Waals surface area contributed by atoms with Gasteiger partial charge in [0.15, 0.2) is 0 Å². The number of ether oxygens (including phenoxy) is 1. The summed E-state index contributed by atoms with van der Waals surface area (Å²) in [6.45, 7) is 7.13. The van der Waals surface area contributed by atoms with Crippen LogP contribution in [0.1, 0.15) is 36.0 Å². The summed E-state index contributed by atoms with van der Waals surface area (Å²) in [6, 6.07) is 4.25. The summed E-state index contributed by atoms with van der Waals surface area (Å²) < 4.78 is 5.39. The second-order valence-electron chi connectivity index (χ2n) is 7.28. The maximum absolute atomic E-state index is 12.5. The Labute approximate surface area is 144 Å². The average molecular weight is 332 g/mol. The lowest BCUT2D eigenvalue weighted by Crippen LogP contribution is -2.61. The van der Waals surface area contributed by atoms with E-state index in [1.165, 1.54) is 11.1 Å². The van der Waals surface area contributed by atoms with Crippen LogP contribution in [0.25, 0.3) is 0 Å². The highest BCUT2D eigenvalue weighted by Gasteiger charge is 2.49. The number of nitrogens with zero attached hydrogens (tertiary/aromatic N) is 1. The van der Waals surface area contributed by atoms with Crippen LogP contribution < -0.4 is 10.1 Å². The zero-order valence-corrected chi connectivity index (χ0v) is 14.9. The molecule has 2 fully saturated rings. The summed E-state index contributed by atoms with van der Waals surface area (Å²) in [5, 5.41) is 13.5. The smallest absolute Gasteiger partial charge is 0.230 e. The van der Waals surface area contributed by atoms with E-state index in [2.05, 4.69) is 36.2 Å². The van der Waals surface area contributed by atoms with Crippen LogP contribution in [0.15, 0.2) is 12.1 Å². The number of aliphatic hydroxyl groups is 1. The molecular formula is C19H28N2O3. The van der Waals surface area contributed by atoms with Gasteiger partial charge in [0, 0.05) is 26.2 Å². The van der Waals surface area contributed by atoms with Gasteiger partial charge in [-0.1, -0.05) is 6.07 Å². The summed E-state index contributed by atoms with van der Waals surface area (Å²) in [5.41, 5.74) is 2.95. The van der Waals surface area contributed by atoms with Gasteiger partial charge in [-0.25, -0.2) is 0 Å². The van der Waals surface area contributed by atoms with E-state index >= 15 is 0 Å².